The molecule has 0 bridgehead atoms. The second-order valence-electron chi connectivity index (χ2n) is 4.86. The molecule has 0 saturated heterocycles. The van der Waals surface area contributed by atoms with Crippen molar-refractivity contribution >= 4 is 17.7 Å². The quantitative estimate of drug-likeness (QED) is 0.795. The van der Waals surface area contributed by atoms with Gasteiger partial charge in [0, 0.05) is 12.5 Å². The molecule has 7 heteroatoms. The summed E-state index contributed by atoms with van der Waals surface area (Å²) in [5.41, 5.74) is 0. The number of hydrogen-bond acceptors (Lipinski definition) is 5. The summed E-state index contributed by atoms with van der Waals surface area (Å²) >= 11 is 1.40. The van der Waals surface area contributed by atoms with E-state index >= 15 is 0 Å². The number of hydrogen-bond donors (Lipinski definition) is 1. The molecule has 2 heterocycles. The van der Waals surface area contributed by atoms with Gasteiger partial charge in [-0.2, -0.15) is 0 Å². The van der Waals surface area contributed by atoms with Crippen molar-refractivity contribution in [1.82, 2.24) is 20.1 Å². The summed E-state index contributed by atoms with van der Waals surface area (Å²) in [5, 5.41) is 11.9. The number of carbonyl (C=O) groups is 1. The Bertz CT molecular complexity index is 578. The monoisotopic (exact) mass is 308 g/mol. The predicted octanol–water partition coefficient (Wildman–Crippen LogP) is 2.42. The fourth-order valence-corrected chi connectivity index (χ4v) is 2.86. The SMILES string of the molecule is CCc1nnc(SCC(=O)NCc2ccco2)n1C(C)C. The summed E-state index contributed by atoms with van der Waals surface area (Å²) in [6, 6.07) is 3.91. The Morgan fingerprint density at radius 1 is 1.48 bits per heavy atom. The molecule has 0 aliphatic rings. The van der Waals surface area contributed by atoms with Crippen LogP contribution in [0.5, 0.6) is 0 Å². The minimum atomic E-state index is -0.0484. The summed E-state index contributed by atoms with van der Waals surface area (Å²) in [6.07, 6.45) is 2.42. The van der Waals surface area contributed by atoms with Crippen LogP contribution in [-0.2, 0) is 17.8 Å². The van der Waals surface area contributed by atoms with Crippen LogP contribution < -0.4 is 5.32 Å². The average molecular weight is 308 g/mol. The fraction of sp³-hybridized carbons (Fsp3) is 0.500. The topological polar surface area (TPSA) is 73.0 Å². The van der Waals surface area contributed by atoms with Crippen LogP contribution in [0.3, 0.4) is 0 Å². The van der Waals surface area contributed by atoms with Gasteiger partial charge in [0.25, 0.3) is 0 Å². The Kier molecular flexibility index (Phi) is 5.44. The van der Waals surface area contributed by atoms with E-state index < -0.39 is 0 Å². The van der Waals surface area contributed by atoms with Crippen molar-refractivity contribution in [2.45, 2.75) is 44.9 Å². The summed E-state index contributed by atoms with van der Waals surface area (Å²) < 4.78 is 7.24. The smallest absolute Gasteiger partial charge is 0.230 e. The number of aromatic nitrogens is 3. The van der Waals surface area contributed by atoms with Gasteiger partial charge in [0.2, 0.25) is 5.91 Å². The lowest BCUT2D eigenvalue weighted by molar-refractivity contribution is -0.118. The van der Waals surface area contributed by atoms with E-state index in [0.717, 1.165) is 23.2 Å². The Hall–Kier alpha value is -1.76. The standard InChI is InChI=1S/C14H20N4O2S/c1-4-12-16-17-14(18(12)10(2)3)21-9-13(19)15-8-11-6-5-7-20-11/h5-7,10H,4,8-9H2,1-3H3,(H,15,19). The number of aryl methyl sites for hydroxylation is 1. The average Bonchev–Trinajstić information content (AvgIpc) is 3.11. The maximum atomic E-state index is 11.8. The van der Waals surface area contributed by atoms with Crippen LogP contribution in [0, 0.1) is 0 Å². The molecule has 0 aliphatic carbocycles. The van der Waals surface area contributed by atoms with E-state index in [4.69, 9.17) is 4.42 Å². The molecule has 1 amide bonds. The largest absolute Gasteiger partial charge is 0.467 e. The molecule has 2 aromatic rings. The van der Waals surface area contributed by atoms with Crippen LogP contribution in [0.1, 0.15) is 38.4 Å². The molecule has 21 heavy (non-hydrogen) atoms. The maximum Gasteiger partial charge on any atom is 0.230 e. The molecule has 2 rings (SSSR count). The van der Waals surface area contributed by atoms with Gasteiger partial charge < -0.3 is 14.3 Å². The first-order valence-corrected chi connectivity index (χ1v) is 7.96. The van der Waals surface area contributed by atoms with Gasteiger partial charge in [-0.05, 0) is 26.0 Å². The predicted molar refractivity (Wildman–Crippen MR) is 81.1 cm³/mol. The first kappa shape index (κ1) is 15.6. The summed E-state index contributed by atoms with van der Waals surface area (Å²) in [6.45, 7) is 6.63. The Morgan fingerprint density at radius 2 is 2.29 bits per heavy atom. The second kappa shape index (κ2) is 7.31. The minimum Gasteiger partial charge on any atom is -0.467 e. The van der Waals surface area contributed by atoms with Crippen molar-refractivity contribution in [3.05, 3.63) is 30.0 Å². The van der Waals surface area contributed by atoms with Crippen molar-refractivity contribution in [3.63, 3.8) is 0 Å². The van der Waals surface area contributed by atoms with E-state index in [1.165, 1.54) is 11.8 Å². The number of nitrogens with one attached hydrogen (secondary N) is 1. The lowest BCUT2D eigenvalue weighted by Gasteiger charge is -2.12. The molecule has 0 radical (unpaired) electrons. The molecule has 2 aromatic heterocycles. The normalized spacial score (nSPS) is 11.0. The molecular formula is C14H20N4O2S. The second-order valence-corrected chi connectivity index (χ2v) is 5.80. The highest BCUT2D eigenvalue weighted by atomic mass is 32.2. The van der Waals surface area contributed by atoms with E-state index in [2.05, 4.69) is 33.9 Å². The number of amides is 1. The van der Waals surface area contributed by atoms with Gasteiger partial charge in [-0.15, -0.1) is 10.2 Å². The molecule has 0 fully saturated rings. The molecule has 0 spiro atoms. The van der Waals surface area contributed by atoms with Crippen LogP contribution in [0.25, 0.3) is 0 Å². The lowest BCUT2D eigenvalue weighted by atomic mass is 10.3. The van der Waals surface area contributed by atoms with Crippen LogP contribution in [0.15, 0.2) is 28.0 Å². The van der Waals surface area contributed by atoms with Gasteiger partial charge in [-0.1, -0.05) is 18.7 Å². The number of rotatable bonds is 7. The molecule has 0 unspecified atom stereocenters. The molecule has 114 valence electrons. The van der Waals surface area contributed by atoms with Gasteiger partial charge in [-0.3, -0.25) is 4.79 Å². The number of nitrogens with zero attached hydrogens (tertiary/aromatic N) is 3. The molecule has 0 saturated carbocycles. The van der Waals surface area contributed by atoms with Crippen molar-refractivity contribution in [2.75, 3.05) is 5.75 Å². The zero-order chi connectivity index (χ0) is 15.2. The first-order valence-electron chi connectivity index (χ1n) is 6.97. The fourth-order valence-electron chi connectivity index (χ4n) is 1.95. The van der Waals surface area contributed by atoms with Gasteiger partial charge in [0.15, 0.2) is 5.16 Å². The van der Waals surface area contributed by atoms with Crippen LogP contribution >= 0.6 is 11.8 Å². The van der Waals surface area contributed by atoms with E-state index in [9.17, 15) is 4.79 Å². The third kappa shape index (κ3) is 4.10. The zero-order valence-corrected chi connectivity index (χ0v) is 13.3. The Morgan fingerprint density at radius 3 is 2.90 bits per heavy atom. The van der Waals surface area contributed by atoms with Crippen LogP contribution in [0.2, 0.25) is 0 Å². The van der Waals surface area contributed by atoms with Crippen molar-refractivity contribution < 1.29 is 9.21 Å². The van der Waals surface area contributed by atoms with Crippen molar-refractivity contribution in [1.29, 1.82) is 0 Å². The molecule has 1 N–H and O–H groups in total. The third-order valence-electron chi connectivity index (χ3n) is 2.94. The van der Waals surface area contributed by atoms with Crippen LogP contribution in [-0.4, -0.2) is 26.4 Å². The molecule has 0 aliphatic heterocycles. The lowest BCUT2D eigenvalue weighted by Crippen LogP contribution is -2.24. The highest BCUT2D eigenvalue weighted by Gasteiger charge is 2.15. The number of carbonyl (C=O) groups excluding carboxylic acids is 1. The molecule has 6 nitrogen and oxygen atoms in total. The maximum absolute atomic E-state index is 11.8. The summed E-state index contributed by atoms with van der Waals surface area (Å²) in [4.78, 5) is 11.8. The highest BCUT2D eigenvalue weighted by Crippen LogP contribution is 2.21. The molecular weight excluding hydrogens is 288 g/mol. The first-order chi connectivity index (χ1) is 10.1. The van der Waals surface area contributed by atoms with E-state index in [0.29, 0.717) is 12.3 Å². The van der Waals surface area contributed by atoms with Crippen molar-refractivity contribution in [2.24, 2.45) is 0 Å². The van der Waals surface area contributed by atoms with Gasteiger partial charge in [-0.25, -0.2) is 0 Å². The van der Waals surface area contributed by atoms with Gasteiger partial charge in [0.05, 0.1) is 18.6 Å². The Balaban J connectivity index is 1.87. The number of furan rings is 1. The van der Waals surface area contributed by atoms with Gasteiger partial charge in [0.1, 0.15) is 11.6 Å². The third-order valence-corrected chi connectivity index (χ3v) is 3.88. The van der Waals surface area contributed by atoms with Crippen molar-refractivity contribution in [3.8, 4) is 0 Å². The molecule has 0 aromatic carbocycles. The van der Waals surface area contributed by atoms with Gasteiger partial charge >= 0.3 is 0 Å². The molecule has 0 atom stereocenters. The summed E-state index contributed by atoms with van der Waals surface area (Å²) in [5.74, 6) is 1.96. The van der Waals surface area contributed by atoms with Crippen LogP contribution in [0.4, 0.5) is 0 Å². The number of thioether (sulfide) groups is 1. The summed E-state index contributed by atoms with van der Waals surface area (Å²) in [7, 11) is 0. The zero-order valence-electron chi connectivity index (χ0n) is 12.5. The minimum absolute atomic E-state index is 0.0484. The van der Waals surface area contributed by atoms with E-state index in [1.54, 1.807) is 12.3 Å². The van der Waals surface area contributed by atoms with E-state index in [1.807, 2.05) is 13.0 Å². The highest BCUT2D eigenvalue weighted by molar-refractivity contribution is 7.99. The Labute approximate surface area is 128 Å². The van der Waals surface area contributed by atoms with E-state index in [-0.39, 0.29) is 11.9 Å².